The van der Waals surface area contributed by atoms with Gasteiger partial charge in [-0.05, 0) is 57.9 Å². The summed E-state index contributed by atoms with van der Waals surface area (Å²) < 4.78 is 57.0. The molecule has 1 fully saturated rings. The molecule has 57 heavy (non-hydrogen) atoms. The first-order chi connectivity index (χ1) is 27.7. The van der Waals surface area contributed by atoms with E-state index in [0.29, 0.717) is 37.6 Å². The van der Waals surface area contributed by atoms with Crippen LogP contribution in [0.25, 0.3) is 44.4 Å². The van der Waals surface area contributed by atoms with Gasteiger partial charge in [-0.2, -0.15) is 8.61 Å². The molecule has 5 aromatic carbocycles. The zero-order chi connectivity index (χ0) is 39.4. The Bertz CT molecular complexity index is 2710. The van der Waals surface area contributed by atoms with Gasteiger partial charge in [-0.1, -0.05) is 127 Å². The Labute approximate surface area is 334 Å². The third kappa shape index (κ3) is 8.40. The summed E-state index contributed by atoms with van der Waals surface area (Å²) in [6.07, 6.45) is 7.29. The van der Waals surface area contributed by atoms with Crippen molar-refractivity contribution in [1.29, 1.82) is 0 Å². The van der Waals surface area contributed by atoms with E-state index in [4.69, 9.17) is 4.98 Å². The third-order valence-corrected chi connectivity index (χ3v) is 14.2. The average molecular weight is 797 g/mol. The number of H-pyrrole nitrogens is 2. The van der Waals surface area contributed by atoms with Crippen LogP contribution in [0.15, 0.2) is 146 Å². The molecule has 0 unspecified atom stereocenters. The first-order valence-electron chi connectivity index (χ1n) is 19.1. The van der Waals surface area contributed by atoms with Gasteiger partial charge in [-0.3, -0.25) is 0 Å². The monoisotopic (exact) mass is 796 g/mol. The van der Waals surface area contributed by atoms with Crippen molar-refractivity contribution in [1.82, 2.24) is 28.5 Å². The van der Waals surface area contributed by atoms with Gasteiger partial charge < -0.3 is 9.97 Å². The van der Waals surface area contributed by atoms with E-state index in [1.165, 1.54) is 4.31 Å². The van der Waals surface area contributed by atoms with E-state index in [-0.39, 0.29) is 24.1 Å². The Balaban J connectivity index is 1.00. The van der Waals surface area contributed by atoms with Crippen molar-refractivity contribution in [3.8, 4) is 33.6 Å². The highest BCUT2D eigenvalue weighted by atomic mass is 32.2. The lowest BCUT2D eigenvalue weighted by molar-refractivity contribution is 0.384. The molecule has 1 saturated heterocycles. The Morgan fingerprint density at radius 2 is 1.32 bits per heavy atom. The SMILES string of the molecule is C=CCCN(Cc1ncc(-c2ccc(-c3ccc(-c4cnc([C@@H]5CCCN5S(=O)(=O)Cc5ccccc5)[nH]4)c4ccccc34)cc2)[nH]1)S(=O)(=O)Cc1ccccc1. The molecular weight excluding hydrogens is 753 g/mol. The number of aromatic nitrogens is 4. The Hall–Kier alpha value is -5.66. The number of nitrogens with one attached hydrogen (secondary N) is 2. The molecule has 2 N–H and O–H groups in total. The number of fused-ring (bicyclic) bond motifs is 1. The topological polar surface area (TPSA) is 132 Å². The molecule has 8 rings (SSSR count). The molecule has 290 valence electrons. The lowest BCUT2D eigenvalue weighted by Crippen LogP contribution is -2.33. The highest BCUT2D eigenvalue weighted by Gasteiger charge is 2.37. The zero-order valence-electron chi connectivity index (χ0n) is 31.5. The maximum Gasteiger partial charge on any atom is 0.218 e. The fraction of sp³-hybridized carbons (Fsp3) is 0.200. The number of nitrogens with zero attached hydrogens (tertiary/aromatic N) is 4. The summed E-state index contributed by atoms with van der Waals surface area (Å²) in [4.78, 5) is 16.1. The van der Waals surface area contributed by atoms with Crippen LogP contribution in [0.4, 0.5) is 0 Å². The summed E-state index contributed by atoms with van der Waals surface area (Å²) in [6, 6.07) is 38.8. The van der Waals surface area contributed by atoms with Gasteiger partial charge in [0.1, 0.15) is 11.6 Å². The fourth-order valence-corrected chi connectivity index (χ4v) is 10.9. The molecule has 0 aliphatic carbocycles. The van der Waals surface area contributed by atoms with E-state index in [9.17, 15) is 16.8 Å². The van der Waals surface area contributed by atoms with Crippen LogP contribution in [0.3, 0.4) is 0 Å². The molecule has 0 amide bonds. The summed E-state index contributed by atoms with van der Waals surface area (Å²) in [5.41, 5.74) is 7.16. The molecule has 1 aliphatic heterocycles. The van der Waals surface area contributed by atoms with Crippen molar-refractivity contribution in [3.63, 3.8) is 0 Å². The van der Waals surface area contributed by atoms with Crippen LogP contribution in [-0.2, 0) is 38.1 Å². The van der Waals surface area contributed by atoms with Gasteiger partial charge in [0.2, 0.25) is 20.0 Å². The largest absolute Gasteiger partial charge is 0.341 e. The Morgan fingerprint density at radius 1 is 0.702 bits per heavy atom. The van der Waals surface area contributed by atoms with Gasteiger partial charge in [0.05, 0.1) is 47.9 Å². The summed E-state index contributed by atoms with van der Waals surface area (Å²) in [6.45, 7) is 4.70. The van der Waals surface area contributed by atoms with Crippen molar-refractivity contribution in [2.24, 2.45) is 0 Å². The second-order valence-electron chi connectivity index (χ2n) is 14.4. The number of imidazole rings is 2. The first kappa shape index (κ1) is 38.2. The number of benzene rings is 5. The van der Waals surface area contributed by atoms with E-state index in [1.807, 2.05) is 91.1 Å². The van der Waals surface area contributed by atoms with Gasteiger partial charge in [0.15, 0.2) is 0 Å². The van der Waals surface area contributed by atoms with Crippen LogP contribution >= 0.6 is 0 Å². The van der Waals surface area contributed by atoms with Gasteiger partial charge in [0.25, 0.3) is 0 Å². The lowest BCUT2D eigenvalue weighted by Gasteiger charge is -2.22. The molecule has 0 radical (unpaired) electrons. The minimum Gasteiger partial charge on any atom is -0.341 e. The first-order valence-corrected chi connectivity index (χ1v) is 22.3. The fourth-order valence-electron chi connectivity index (χ4n) is 7.66. The smallest absolute Gasteiger partial charge is 0.218 e. The molecule has 0 spiro atoms. The summed E-state index contributed by atoms with van der Waals surface area (Å²) in [5, 5.41) is 2.13. The maximum absolute atomic E-state index is 13.5. The predicted octanol–water partition coefficient (Wildman–Crippen LogP) is 8.86. The van der Waals surface area contributed by atoms with Crippen molar-refractivity contribution >= 4 is 30.8 Å². The highest BCUT2D eigenvalue weighted by molar-refractivity contribution is 7.88. The predicted molar refractivity (Wildman–Crippen MR) is 227 cm³/mol. The van der Waals surface area contributed by atoms with Crippen LogP contribution in [0.2, 0.25) is 0 Å². The van der Waals surface area contributed by atoms with Crippen LogP contribution in [0.5, 0.6) is 0 Å². The Kier molecular flexibility index (Phi) is 11.0. The number of sulfonamides is 2. The van der Waals surface area contributed by atoms with Crippen molar-refractivity contribution in [3.05, 3.63) is 169 Å². The molecule has 0 saturated carbocycles. The number of hydrogen-bond donors (Lipinski definition) is 2. The Morgan fingerprint density at radius 3 is 2.02 bits per heavy atom. The summed E-state index contributed by atoms with van der Waals surface area (Å²) in [7, 11) is -7.14. The number of hydrogen-bond acceptors (Lipinski definition) is 6. The average Bonchev–Trinajstić information content (AvgIpc) is 4.02. The van der Waals surface area contributed by atoms with Gasteiger partial charge >= 0.3 is 0 Å². The van der Waals surface area contributed by atoms with Crippen LogP contribution < -0.4 is 0 Å². The second kappa shape index (κ2) is 16.4. The summed E-state index contributed by atoms with van der Waals surface area (Å²) in [5.74, 6) is 1.10. The number of rotatable bonds is 15. The normalized spacial score (nSPS) is 15.1. The van der Waals surface area contributed by atoms with Gasteiger partial charge in [0, 0.05) is 18.7 Å². The quantitative estimate of drug-likeness (QED) is 0.0997. The third-order valence-electron chi connectivity index (χ3n) is 10.5. The van der Waals surface area contributed by atoms with Crippen LogP contribution in [0, 0.1) is 0 Å². The minimum absolute atomic E-state index is 0.0366. The van der Waals surface area contributed by atoms with Gasteiger partial charge in [-0.25, -0.2) is 26.8 Å². The number of aromatic amines is 2. The second-order valence-corrected chi connectivity index (χ2v) is 18.3. The molecule has 0 bridgehead atoms. The highest BCUT2D eigenvalue weighted by Crippen LogP contribution is 2.38. The molecule has 1 atom stereocenters. The molecule has 7 aromatic rings. The van der Waals surface area contributed by atoms with Crippen molar-refractivity contribution < 1.29 is 16.8 Å². The van der Waals surface area contributed by atoms with E-state index in [1.54, 1.807) is 16.6 Å². The molecular formula is C45H44N6O4S2. The lowest BCUT2D eigenvalue weighted by atomic mass is 9.93. The van der Waals surface area contributed by atoms with E-state index >= 15 is 0 Å². The maximum atomic E-state index is 13.5. The van der Waals surface area contributed by atoms with Crippen LogP contribution in [0.1, 0.15) is 48.1 Å². The molecule has 3 heterocycles. The standard InChI is InChI=1S/C45H44N6O4S2/c1-2-3-26-50(56(52,53)31-33-13-6-4-7-14-33)30-44-46-28-41(48-44)36-22-20-35(21-23-36)37-24-25-40(39-18-11-10-17-38(37)39)42-29-47-45(49-42)43-19-12-27-51(43)57(54,55)32-34-15-8-5-9-16-34/h2,4-11,13-18,20-25,28-29,43H,1,3,12,19,26-27,30-32H2,(H,46,48)(H,47,49)/t43-/m0/s1. The molecule has 1 aliphatic rings. The van der Waals surface area contributed by atoms with E-state index in [0.717, 1.165) is 62.0 Å². The molecule has 12 heteroatoms. The minimum atomic E-state index is -3.60. The molecule has 10 nitrogen and oxygen atoms in total. The van der Waals surface area contributed by atoms with Crippen LogP contribution in [-0.4, -0.2) is 58.5 Å². The van der Waals surface area contributed by atoms with Crippen molar-refractivity contribution in [2.45, 2.75) is 43.4 Å². The molecule has 2 aromatic heterocycles. The van der Waals surface area contributed by atoms with Crippen molar-refractivity contribution in [2.75, 3.05) is 13.1 Å². The van der Waals surface area contributed by atoms with E-state index < -0.39 is 20.0 Å². The summed E-state index contributed by atoms with van der Waals surface area (Å²) >= 11 is 0. The zero-order valence-corrected chi connectivity index (χ0v) is 33.1. The van der Waals surface area contributed by atoms with E-state index in [2.05, 4.69) is 57.9 Å². The van der Waals surface area contributed by atoms with Gasteiger partial charge in [-0.15, -0.1) is 6.58 Å².